The van der Waals surface area contributed by atoms with E-state index in [0.29, 0.717) is 17.1 Å². The summed E-state index contributed by atoms with van der Waals surface area (Å²) in [4.78, 5) is 11.4. The lowest BCUT2D eigenvalue weighted by Crippen LogP contribution is -2.34. The molecule has 1 heterocycles. The van der Waals surface area contributed by atoms with Crippen LogP contribution in [0.4, 0.5) is 5.69 Å². The van der Waals surface area contributed by atoms with Gasteiger partial charge in [0.25, 0.3) is 0 Å². The van der Waals surface area contributed by atoms with Gasteiger partial charge in [0.2, 0.25) is 5.91 Å². The van der Waals surface area contributed by atoms with E-state index in [1.165, 1.54) is 0 Å². The van der Waals surface area contributed by atoms with Gasteiger partial charge in [-0.05, 0) is 24.5 Å². The van der Waals surface area contributed by atoms with E-state index in [4.69, 9.17) is 17.3 Å². The Hall–Kier alpha value is -1.06. The molecule has 2 rings (SSSR count). The molecule has 1 aliphatic rings. The molecule has 0 saturated heterocycles. The Kier molecular flexibility index (Phi) is 2.44. The minimum atomic E-state index is -0.432. The Labute approximate surface area is 87.2 Å². The molecule has 1 aromatic carbocycles. The number of carbonyl (C=O) groups excluding carboxylic acids is 1. The zero-order valence-electron chi connectivity index (χ0n) is 7.59. The standard InChI is InChI=1S/C10H11ClN2O/c11-7-3-1-2-6-4-5-8(12)10(14)13-9(6)7/h1-3,8H,4-5,12H2,(H,13,14). The predicted molar refractivity (Wildman–Crippen MR) is 56.4 cm³/mol. The number of amides is 1. The molecular formula is C10H11ClN2O. The summed E-state index contributed by atoms with van der Waals surface area (Å²) in [6.45, 7) is 0. The fraction of sp³-hybridized carbons (Fsp3) is 0.300. The molecule has 3 nitrogen and oxygen atoms in total. The highest BCUT2D eigenvalue weighted by molar-refractivity contribution is 6.34. The van der Waals surface area contributed by atoms with Crippen molar-refractivity contribution in [3.05, 3.63) is 28.8 Å². The van der Waals surface area contributed by atoms with Gasteiger partial charge in [0.15, 0.2) is 0 Å². The number of nitrogens with one attached hydrogen (secondary N) is 1. The van der Waals surface area contributed by atoms with Gasteiger partial charge in [0.1, 0.15) is 0 Å². The van der Waals surface area contributed by atoms with Crippen molar-refractivity contribution in [2.45, 2.75) is 18.9 Å². The van der Waals surface area contributed by atoms with Crippen molar-refractivity contribution in [2.24, 2.45) is 5.73 Å². The minimum Gasteiger partial charge on any atom is -0.323 e. The number of hydrogen-bond donors (Lipinski definition) is 2. The second-order valence-corrected chi connectivity index (χ2v) is 3.82. The topological polar surface area (TPSA) is 55.1 Å². The van der Waals surface area contributed by atoms with Crippen molar-refractivity contribution >= 4 is 23.2 Å². The van der Waals surface area contributed by atoms with Crippen molar-refractivity contribution in [3.8, 4) is 0 Å². The lowest BCUT2D eigenvalue weighted by molar-refractivity contribution is -0.117. The van der Waals surface area contributed by atoms with Crippen molar-refractivity contribution in [2.75, 3.05) is 5.32 Å². The number of para-hydroxylation sites is 1. The highest BCUT2D eigenvalue weighted by atomic mass is 35.5. The van der Waals surface area contributed by atoms with E-state index in [9.17, 15) is 4.79 Å². The zero-order valence-corrected chi connectivity index (χ0v) is 8.34. The van der Waals surface area contributed by atoms with E-state index in [2.05, 4.69) is 5.32 Å². The molecule has 1 aromatic rings. The summed E-state index contributed by atoms with van der Waals surface area (Å²) in [6.07, 6.45) is 1.45. The quantitative estimate of drug-likeness (QED) is 0.683. The molecule has 0 radical (unpaired) electrons. The zero-order chi connectivity index (χ0) is 10.1. The Morgan fingerprint density at radius 1 is 1.50 bits per heavy atom. The maximum absolute atomic E-state index is 11.4. The van der Waals surface area contributed by atoms with Crippen LogP contribution in [-0.2, 0) is 11.2 Å². The summed E-state index contributed by atoms with van der Waals surface area (Å²) in [5.74, 6) is -0.156. The average Bonchev–Trinajstić information content (AvgIpc) is 2.30. The molecule has 0 spiro atoms. The molecule has 0 bridgehead atoms. The average molecular weight is 211 g/mol. The molecule has 1 aliphatic heterocycles. The summed E-state index contributed by atoms with van der Waals surface area (Å²) in [5, 5.41) is 3.32. The summed E-state index contributed by atoms with van der Waals surface area (Å²) < 4.78 is 0. The van der Waals surface area contributed by atoms with Crippen LogP contribution in [0.3, 0.4) is 0 Å². The van der Waals surface area contributed by atoms with Gasteiger partial charge in [-0.15, -0.1) is 0 Å². The number of hydrogen-bond acceptors (Lipinski definition) is 2. The van der Waals surface area contributed by atoms with Crippen LogP contribution in [0.5, 0.6) is 0 Å². The molecule has 1 unspecified atom stereocenters. The van der Waals surface area contributed by atoms with Crippen LogP contribution in [0.25, 0.3) is 0 Å². The molecule has 0 fully saturated rings. The van der Waals surface area contributed by atoms with E-state index in [1.54, 1.807) is 6.07 Å². The number of fused-ring (bicyclic) bond motifs is 1. The first-order valence-electron chi connectivity index (χ1n) is 4.52. The smallest absolute Gasteiger partial charge is 0.241 e. The molecule has 3 N–H and O–H groups in total. The van der Waals surface area contributed by atoms with Gasteiger partial charge >= 0.3 is 0 Å². The van der Waals surface area contributed by atoms with Crippen LogP contribution in [0.1, 0.15) is 12.0 Å². The number of anilines is 1. The number of aryl methyl sites for hydroxylation is 1. The Balaban J connectivity index is 2.43. The van der Waals surface area contributed by atoms with E-state index >= 15 is 0 Å². The summed E-state index contributed by atoms with van der Waals surface area (Å²) >= 11 is 5.97. The Bertz CT molecular complexity index is 378. The number of nitrogens with two attached hydrogens (primary N) is 1. The third kappa shape index (κ3) is 1.61. The molecule has 14 heavy (non-hydrogen) atoms. The Morgan fingerprint density at radius 3 is 3.07 bits per heavy atom. The highest BCUT2D eigenvalue weighted by Gasteiger charge is 2.21. The fourth-order valence-corrected chi connectivity index (χ4v) is 1.82. The van der Waals surface area contributed by atoms with Crippen molar-refractivity contribution in [3.63, 3.8) is 0 Å². The van der Waals surface area contributed by atoms with Crippen LogP contribution in [0.15, 0.2) is 18.2 Å². The number of halogens is 1. The minimum absolute atomic E-state index is 0.156. The molecule has 1 amide bonds. The lowest BCUT2D eigenvalue weighted by atomic mass is 10.1. The fourth-order valence-electron chi connectivity index (χ4n) is 1.58. The van der Waals surface area contributed by atoms with Gasteiger partial charge in [-0.2, -0.15) is 0 Å². The van der Waals surface area contributed by atoms with Gasteiger partial charge in [0.05, 0.1) is 16.8 Å². The molecule has 0 saturated carbocycles. The van der Waals surface area contributed by atoms with Crippen molar-refractivity contribution in [1.29, 1.82) is 0 Å². The maximum Gasteiger partial charge on any atom is 0.241 e. The van der Waals surface area contributed by atoms with Gasteiger partial charge in [-0.1, -0.05) is 23.7 Å². The highest BCUT2D eigenvalue weighted by Crippen LogP contribution is 2.29. The van der Waals surface area contributed by atoms with Crippen molar-refractivity contribution < 1.29 is 4.79 Å². The van der Waals surface area contributed by atoms with E-state index in [1.807, 2.05) is 12.1 Å². The number of carbonyl (C=O) groups is 1. The molecular weight excluding hydrogens is 200 g/mol. The SMILES string of the molecule is NC1CCc2cccc(Cl)c2NC1=O. The van der Waals surface area contributed by atoms with E-state index < -0.39 is 6.04 Å². The second-order valence-electron chi connectivity index (χ2n) is 3.41. The maximum atomic E-state index is 11.4. The monoisotopic (exact) mass is 210 g/mol. The van der Waals surface area contributed by atoms with Crippen LogP contribution in [0.2, 0.25) is 5.02 Å². The second kappa shape index (κ2) is 3.59. The van der Waals surface area contributed by atoms with Crippen LogP contribution < -0.4 is 11.1 Å². The molecule has 0 aromatic heterocycles. The molecule has 1 atom stereocenters. The number of rotatable bonds is 0. The van der Waals surface area contributed by atoms with Crippen LogP contribution in [-0.4, -0.2) is 11.9 Å². The summed E-state index contributed by atoms with van der Waals surface area (Å²) in [7, 11) is 0. The van der Waals surface area contributed by atoms with Crippen LogP contribution >= 0.6 is 11.6 Å². The van der Waals surface area contributed by atoms with E-state index in [0.717, 1.165) is 12.0 Å². The third-order valence-electron chi connectivity index (χ3n) is 2.41. The van der Waals surface area contributed by atoms with Crippen LogP contribution in [0, 0.1) is 0 Å². The largest absolute Gasteiger partial charge is 0.323 e. The third-order valence-corrected chi connectivity index (χ3v) is 2.72. The first-order valence-corrected chi connectivity index (χ1v) is 4.90. The molecule has 0 aliphatic carbocycles. The number of benzene rings is 1. The summed E-state index contributed by atoms with van der Waals surface area (Å²) in [6, 6.07) is 5.17. The lowest BCUT2D eigenvalue weighted by Gasteiger charge is -2.08. The van der Waals surface area contributed by atoms with E-state index in [-0.39, 0.29) is 5.91 Å². The molecule has 74 valence electrons. The first-order chi connectivity index (χ1) is 6.68. The molecule has 4 heteroatoms. The van der Waals surface area contributed by atoms with Gasteiger partial charge in [-0.3, -0.25) is 4.79 Å². The van der Waals surface area contributed by atoms with Gasteiger partial charge in [-0.25, -0.2) is 0 Å². The normalized spacial score (nSPS) is 21.0. The van der Waals surface area contributed by atoms with Gasteiger partial charge < -0.3 is 11.1 Å². The van der Waals surface area contributed by atoms with Gasteiger partial charge in [0, 0.05) is 0 Å². The predicted octanol–water partition coefficient (Wildman–Crippen LogP) is 1.55. The Morgan fingerprint density at radius 2 is 2.29 bits per heavy atom. The first kappa shape index (κ1) is 9.49. The van der Waals surface area contributed by atoms with Crippen molar-refractivity contribution in [1.82, 2.24) is 0 Å². The summed E-state index contributed by atoms with van der Waals surface area (Å²) in [5.41, 5.74) is 7.42.